The lowest BCUT2D eigenvalue weighted by Crippen LogP contribution is -2.05. The Balaban J connectivity index is 2.25. The largest absolute Gasteiger partial charge is 0.398 e. The van der Waals surface area contributed by atoms with Gasteiger partial charge in [-0.25, -0.2) is 4.39 Å². The second-order valence-electron chi connectivity index (χ2n) is 4.41. The lowest BCUT2D eigenvalue weighted by atomic mass is 9.99. The number of benzene rings is 2. The minimum absolute atomic E-state index is 0.0607. The monoisotopic (exact) mass is 321 g/mol. The van der Waals surface area contributed by atoms with Gasteiger partial charge in [0.25, 0.3) is 0 Å². The minimum atomic E-state index is -0.327. The first-order valence-electron chi connectivity index (χ1n) is 5.80. The van der Waals surface area contributed by atoms with Gasteiger partial charge in [0.05, 0.1) is 0 Å². The van der Waals surface area contributed by atoms with E-state index in [2.05, 4.69) is 15.9 Å². The van der Waals surface area contributed by atoms with Crippen molar-refractivity contribution in [2.75, 3.05) is 5.73 Å². The van der Waals surface area contributed by atoms with Crippen molar-refractivity contribution in [3.05, 3.63) is 63.4 Å². The molecule has 0 fully saturated rings. The van der Waals surface area contributed by atoms with E-state index in [4.69, 9.17) is 5.73 Å². The molecule has 0 saturated carbocycles. The number of nitrogens with two attached hydrogens (primary N) is 1. The topological polar surface area (TPSA) is 43.1 Å². The minimum Gasteiger partial charge on any atom is -0.398 e. The van der Waals surface area contributed by atoms with E-state index in [0.717, 1.165) is 5.56 Å². The highest BCUT2D eigenvalue weighted by Gasteiger charge is 2.11. The highest BCUT2D eigenvalue weighted by molar-refractivity contribution is 9.10. The molecule has 2 nitrogen and oxygen atoms in total. The van der Waals surface area contributed by atoms with E-state index in [1.54, 1.807) is 24.3 Å². The molecule has 2 aromatic carbocycles. The average Bonchev–Trinajstić information content (AvgIpc) is 2.37. The fraction of sp³-hybridized carbons (Fsp3) is 0.133. The summed E-state index contributed by atoms with van der Waals surface area (Å²) in [7, 11) is 0. The molecule has 0 radical (unpaired) electrons. The van der Waals surface area contributed by atoms with Crippen LogP contribution in [0.2, 0.25) is 0 Å². The molecule has 2 aromatic rings. The number of Topliss-reactive ketones (excluding diaryl/α,β-unsaturated/α-hetero) is 1. The van der Waals surface area contributed by atoms with Crippen molar-refractivity contribution in [3.63, 3.8) is 0 Å². The fourth-order valence-corrected chi connectivity index (χ4v) is 2.18. The zero-order valence-electron chi connectivity index (χ0n) is 10.4. The molecule has 0 heterocycles. The van der Waals surface area contributed by atoms with Gasteiger partial charge in [0, 0.05) is 22.1 Å². The van der Waals surface area contributed by atoms with Gasteiger partial charge in [-0.3, -0.25) is 4.79 Å². The SMILES string of the molecule is Cc1ccc(F)cc1CC(=O)c1ccc(N)c(Br)c1. The summed E-state index contributed by atoms with van der Waals surface area (Å²) in [5.41, 5.74) is 8.43. The highest BCUT2D eigenvalue weighted by Crippen LogP contribution is 2.22. The lowest BCUT2D eigenvalue weighted by molar-refractivity contribution is 0.0992. The smallest absolute Gasteiger partial charge is 0.167 e. The van der Waals surface area contributed by atoms with Crippen molar-refractivity contribution in [2.24, 2.45) is 0 Å². The number of hydrogen-bond donors (Lipinski definition) is 1. The van der Waals surface area contributed by atoms with Gasteiger partial charge in [0.1, 0.15) is 5.82 Å². The Kier molecular flexibility index (Phi) is 4.00. The quantitative estimate of drug-likeness (QED) is 0.688. The number of carbonyl (C=O) groups excluding carboxylic acids is 1. The Hall–Kier alpha value is -1.68. The number of anilines is 1. The van der Waals surface area contributed by atoms with Crippen LogP contribution in [0.15, 0.2) is 40.9 Å². The molecule has 98 valence electrons. The number of hydrogen-bond acceptors (Lipinski definition) is 2. The fourth-order valence-electron chi connectivity index (χ4n) is 1.81. The number of ketones is 1. The Labute approximate surface area is 119 Å². The van der Waals surface area contributed by atoms with Crippen LogP contribution in [0.1, 0.15) is 21.5 Å². The molecule has 0 spiro atoms. The molecule has 0 bridgehead atoms. The third-order valence-corrected chi connectivity index (χ3v) is 3.67. The Bertz CT molecular complexity index is 640. The molecule has 0 aliphatic carbocycles. The summed E-state index contributed by atoms with van der Waals surface area (Å²) in [5, 5.41) is 0. The van der Waals surface area contributed by atoms with Gasteiger partial charge in [-0.05, 0) is 64.3 Å². The lowest BCUT2D eigenvalue weighted by Gasteiger charge is -2.07. The molecular weight excluding hydrogens is 309 g/mol. The summed E-state index contributed by atoms with van der Waals surface area (Å²) in [6.45, 7) is 1.86. The molecular formula is C15H13BrFNO. The molecule has 2 rings (SSSR count). The van der Waals surface area contributed by atoms with Crippen molar-refractivity contribution < 1.29 is 9.18 Å². The molecule has 0 aromatic heterocycles. The van der Waals surface area contributed by atoms with Gasteiger partial charge in [0.2, 0.25) is 0 Å². The number of nitrogen functional groups attached to an aromatic ring is 1. The van der Waals surface area contributed by atoms with Gasteiger partial charge >= 0.3 is 0 Å². The van der Waals surface area contributed by atoms with Crippen LogP contribution in [0.25, 0.3) is 0 Å². The standard InChI is InChI=1S/C15H13BrFNO/c1-9-2-4-12(17)6-11(9)8-15(19)10-3-5-14(18)13(16)7-10/h2-7H,8,18H2,1H3. The maximum absolute atomic E-state index is 13.2. The van der Waals surface area contributed by atoms with Crippen LogP contribution in [0.5, 0.6) is 0 Å². The summed E-state index contributed by atoms with van der Waals surface area (Å²) < 4.78 is 13.9. The summed E-state index contributed by atoms with van der Waals surface area (Å²) in [5.74, 6) is -0.388. The van der Waals surface area contributed by atoms with E-state index in [9.17, 15) is 9.18 Å². The first-order valence-corrected chi connectivity index (χ1v) is 6.60. The summed E-state index contributed by atoms with van der Waals surface area (Å²) in [4.78, 5) is 12.2. The molecule has 4 heteroatoms. The predicted molar refractivity (Wildman–Crippen MR) is 77.7 cm³/mol. The zero-order chi connectivity index (χ0) is 14.0. The molecule has 0 amide bonds. The van der Waals surface area contributed by atoms with Gasteiger partial charge in [-0.1, -0.05) is 6.07 Å². The molecule has 2 N–H and O–H groups in total. The van der Waals surface area contributed by atoms with Crippen molar-refractivity contribution in [1.82, 2.24) is 0 Å². The average molecular weight is 322 g/mol. The van der Waals surface area contributed by atoms with E-state index in [1.807, 2.05) is 6.92 Å². The molecule has 0 aliphatic rings. The van der Waals surface area contributed by atoms with Crippen LogP contribution in [0, 0.1) is 12.7 Å². The Morgan fingerprint density at radius 1 is 1.26 bits per heavy atom. The second-order valence-corrected chi connectivity index (χ2v) is 5.26. The van der Waals surface area contributed by atoms with Crippen molar-refractivity contribution in [2.45, 2.75) is 13.3 Å². The molecule has 0 unspecified atom stereocenters. The zero-order valence-corrected chi connectivity index (χ0v) is 12.0. The van der Waals surface area contributed by atoms with Crippen molar-refractivity contribution in [1.29, 1.82) is 0 Å². The normalized spacial score (nSPS) is 10.5. The second kappa shape index (κ2) is 5.53. The van der Waals surface area contributed by atoms with E-state index >= 15 is 0 Å². The van der Waals surface area contributed by atoms with E-state index in [0.29, 0.717) is 21.3 Å². The molecule has 19 heavy (non-hydrogen) atoms. The van der Waals surface area contributed by atoms with Crippen LogP contribution >= 0.6 is 15.9 Å². The van der Waals surface area contributed by atoms with Gasteiger partial charge in [-0.2, -0.15) is 0 Å². The molecule has 0 aliphatic heterocycles. The third kappa shape index (κ3) is 3.20. The van der Waals surface area contributed by atoms with Crippen LogP contribution in [-0.2, 0) is 6.42 Å². The third-order valence-electron chi connectivity index (χ3n) is 2.98. The number of halogens is 2. The first kappa shape index (κ1) is 13.7. The summed E-state index contributed by atoms with van der Waals surface area (Å²) in [6.07, 6.45) is 0.181. The first-order chi connectivity index (χ1) is 8.97. The number of rotatable bonds is 3. The summed E-state index contributed by atoms with van der Waals surface area (Å²) >= 11 is 3.29. The molecule has 0 saturated heterocycles. The van der Waals surface area contributed by atoms with Crippen molar-refractivity contribution >= 4 is 27.4 Å². The van der Waals surface area contributed by atoms with Crippen LogP contribution in [0.4, 0.5) is 10.1 Å². The Morgan fingerprint density at radius 2 is 2.00 bits per heavy atom. The van der Waals surface area contributed by atoms with Crippen LogP contribution < -0.4 is 5.73 Å². The summed E-state index contributed by atoms with van der Waals surface area (Å²) in [6, 6.07) is 9.51. The van der Waals surface area contributed by atoms with Gasteiger partial charge in [-0.15, -0.1) is 0 Å². The van der Waals surface area contributed by atoms with Crippen LogP contribution in [-0.4, -0.2) is 5.78 Å². The maximum atomic E-state index is 13.2. The van der Waals surface area contributed by atoms with E-state index in [1.165, 1.54) is 12.1 Å². The van der Waals surface area contributed by atoms with Crippen LogP contribution in [0.3, 0.4) is 0 Å². The van der Waals surface area contributed by atoms with Crippen molar-refractivity contribution in [3.8, 4) is 0 Å². The Morgan fingerprint density at radius 3 is 2.68 bits per heavy atom. The maximum Gasteiger partial charge on any atom is 0.167 e. The van der Waals surface area contributed by atoms with E-state index in [-0.39, 0.29) is 18.0 Å². The predicted octanol–water partition coefficient (Wildman–Crippen LogP) is 3.90. The molecule has 0 atom stereocenters. The van der Waals surface area contributed by atoms with Gasteiger partial charge in [0.15, 0.2) is 5.78 Å². The number of aryl methyl sites for hydroxylation is 1. The van der Waals surface area contributed by atoms with E-state index < -0.39 is 0 Å². The van der Waals surface area contributed by atoms with Gasteiger partial charge < -0.3 is 5.73 Å². The number of carbonyl (C=O) groups is 1. The highest BCUT2D eigenvalue weighted by atomic mass is 79.9.